The van der Waals surface area contributed by atoms with Gasteiger partial charge in [-0.05, 0) is 102 Å². The van der Waals surface area contributed by atoms with Crippen LogP contribution >= 0.6 is 34.2 Å². The zero-order chi connectivity index (χ0) is 24.4. The fourth-order valence-electron chi connectivity index (χ4n) is 3.54. The molecule has 172 valence electrons. The number of carbonyl (C=O) groups is 3. The molecule has 0 saturated carbocycles. The third kappa shape index (κ3) is 4.85. The van der Waals surface area contributed by atoms with Crippen molar-refractivity contribution in [2.45, 2.75) is 20.3 Å². The van der Waals surface area contributed by atoms with Gasteiger partial charge in [0.05, 0.1) is 5.69 Å². The number of nitrogens with zero attached hydrogens (tertiary/aromatic N) is 1. The van der Waals surface area contributed by atoms with Crippen LogP contribution in [0.25, 0.3) is 0 Å². The summed E-state index contributed by atoms with van der Waals surface area (Å²) < 4.78 is 1.09. The smallest absolute Gasteiger partial charge is 0.283 e. The Morgan fingerprint density at radius 3 is 2.26 bits per heavy atom. The van der Waals surface area contributed by atoms with E-state index in [0.29, 0.717) is 16.9 Å². The molecule has 0 fully saturated rings. The van der Waals surface area contributed by atoms with Gasteiger partial charge in [-0.3, -0.25) is 14.4 Å². The fourth-order valence-corrected chi connectivity index (χ4v) is 4.40. The number of anilines is 3. The lowest BCUT2D eigenvalue weighted by Gasteiger charge is -2.15. The van der Waals surface area contributed by atoms with Gasteiger partial charge in [-0.2, -0.15) is 0 Å². The van der Waals surface area contributed by atoms with Gasteiger partial charge in [-0.25, -0.2) is 4.90 Å². The van der Waals surface area contributed by atoms with E-state index in [4.69, 9.17) is 11.6 Å². The second-order valence-corrected chi connectivity index (χ2v) is 9.39. The number of amides is 3. The van der Waals surface area contributed by atoms with Gasteiger partial charge in [0, 0.05) is 20.5 Å². The van der Waals surface area contributed by atoms with Gasteiger partial charge < -0.3 is 10.6 Å². The van der Waals surface area contributed by atoms with Crippen LogP contribution in [0.3, 0.4) is 0 Å². The zero-order valence-electron chi connectivity index (χ0n) is 18.5. The highest BCUT2D eigenvalue weighted by atomic mass is 127. The van der Waals surface area contributed by atoms with Gasteiger partial charge in [0.15, 0.2) is 0 Å². The van der Waals surface area contributed by atoms with Gasteiger partial charge in [0.25, 0.3) is 17.7 Å². The van der Waals surface area contributed by atoms with Crippen LogP contribution in [0.1, 0.15) is 28.4 Å². The summed E-state index contributed by atoms with van der Waals surface area (Å²) in [5.74, 6) is -1.36. The van der Waals surface area contributed by atoms with Crippen LogP contribution < -0.4 is 15.5 Å². The Bertz CT molecular complexity index is 1320. The summed E-state index contributed by atoms with van der Waals surface area (Å²) in [6.07, 6.45) is 0.853. The average Bonchev–Trinajstić information content (AvgIpc) is 3.04. The van der Waals surface area contributed by atoms with Crippen LogP contribution in [0.2, 0.25) is 0 Å². The SMILES string of the molecule is CCc1ccc(N2C(=O)C(Cl)=C(Nc3ccc(C(=O)Nc4ccc(I)cc4C)cc3)C2=O)cc1. The molecular formula is C26H21ClIN3O3. The summed E-state index contributed by atoms with van der Waals surface area (Å²) in [6.45, 7) is 3.96. The van der Waals surface area contributed by atoms with E-state index in [1.807, 2.05) is 44.2 Å². The van der Waals surface area contributed by atoms with Crippen molar-refractivity contribution in [3.05, 3.63) is 97.7 Å². The van der Waals surface area contributed by atoms with Crippen LogP contribution in [-0.4, -0.2) is 17.7 Å². The second-order valence-electron chi connectivity index (χ2n) is 7.77. The Balaban J connectivity index is 1.47. The predicted molar refractivity (Wildman–Crippen MR) is 143 cm³/mol. The van der Waals surface area contributed by atoms with Crippen molar-refractivity contribution in [1.82, 2.24) is 0 Å². The van der Waals surface area contributed by atoms with Crippen LogP contribution in [0.15, 0.2) is 77.5 Å². The standard InChI is InChI=1S/C26H21ClIN3O3/c1-3-16-4-11-20(12-5-16)31-25(33)22(27)23(26(31)34)29-19-9-6-17(7-10-19)24(32)30-21-13-8-18(28)14-15(21)2/h4-14,29H,3H2,1-2H3,(H,30,32). The third-order valence-corrected chi connectivity index (χ3v) is 6.50. The number of hydrogen-bond donors (Lipinski definition) is 2. The highest BCUT2D eigenvalue weighted by Gasteiger charge is 2.38. The van der Waals surface area contributed by atoms with E-state index in [1.54, 1.807) is 36.4 Å². The molecule has 6 nitrogen and oxygen atoms in total. The minimum absolute atomic E-state index is 0.00190. The Hall–Kier alpha value is -3.17. The number of carbonyl (C=O) groups excluding carboxylic acids is 3. The van der Waals surface area contributed by atoms with E-state index >= 15 is 0 Å². The molecule has 0 spiro atoms. The van der Waals surface area contributed by atoms with Crippen molar-refractivity contribution in [2.75, 3.05) is 15.5 Å². The lowest BCUT2D eigenvalue weighted by Crippen LogP contribution is -2.32. The van der Waals surface area contributed by atoms with Crippen molar-refractivity contribution in [3.8, 4) is 0 Å². The fraction of sp³-hybridized carbons (Fsp3) is 0.115. The number of halogens is 2. The summed E-state index contributed by atoms with van der Waals surface area (Å²) >= 11 is 8.44. The number of aryl methyl sites for hydroxylation is 2. The number of hydrogen-bond acceptors (Lipinski definition) is 4. The topological polar surface area (TPSA) is 78.5 Å². The zero-order valence-corrected chi connectivity index (χ0v) is 21.4. The summed E-state index contributed by atoms with van der Waals surface area (Å²) in [7, 11) is 0. The maximum absolute atomic E-state index is 13.0. The molecule has 34 heavy (non-hydrogen) atoms. The van der Waals surface area contributed by atoms with Gasteiger partial charge in [0.1, 0.15) is 10.7 Å². The van der Waals surface area contributed by atoms with E-state index in [-0.39, 0.29) is 16.6 Å². The number of nitrogens with one attached hydrogen (secondary N) is 2. The Kier molecular flexibility index (Phi) is 7.04. The molecule has 8 heteroatoms. The van der Waals surface area contributed by atoms with Crippen molar-refractivity contribution < 1.29 is 14.4 Å². The van der Waals surface area contributed by atoms with E-state index in [2.05, 4.69) is 33.2 Å². The van der Waals surface area contributed by atoms with Gasteiger partial charge in [-0.1, -0.05) is 30.7 Å². The molecule has 0 unspecified atom stereocenters. The molecule has 1 heterocycles. The van der Waals surface area contributed by atoms with E-state index < -0.39 is 11.8 Å². The van der Waals surface area contributed by atoms with E-state index in [9.17, 15) is 14.4 Å². The minimum Gasteiger partial charge on any atom is -0.350 e. The lowest BCUT2D eigenvalue weighted by atomic mass is 10.1. The molecule has 0 atom stereocenters. The minimum atomic E-state index is -0.581. The molecule has 0 radical (unpaired) electrons. The first-order chi connectivity index (χ1) is 16.3. The Morgan fingerprint density at radius 2 is 1.65 bits per heavy atom. The molecule has 1 aliphatic heterocycles. The van der Waals surface area contributed by atoms with Crippen molar-refractivity contribution in [1.29, 1.82) is 0 Å². The number of imide groups is 1. The van der Waals surface area contributed by atoms with Gasteiger partial charge in [-0.15, -0.1) is 0 Å². The maximum Gasteiger partial charge on any atom is 0.283 e. The van der Waals surface area contributed by atoms with Crippen molar-refractivity contribution >= 4 is 69.0 Å². The molecule has 2 N–H and O–H groups in total. The largest absolute Gasteiger partial charge is 0.350 e. The number of benzene rings is 3. The molecule has 4 rings (SSSR count). The van der Waals surface area contributed by atoms with Gasteiger partial charge in [0.2, 0.25) is 0 Å². The monoisotopic (exact) mass is 585 g/mol. The highest BCUT2D eigenvalue weighted by molar-refractivity contribution is 14.1. The molecule has 3 aromatic carbocycles. The third-order valence-electron chi connectivity index (χ3n) is 5.48. The van der Waals surface area contributed by atoms with E-state index in [0.717, 1.165) is 31.7 Å². The van der Waals surface area contributed by atoms with Crippen molar-refractivity contribution in [3.63, 3.8) is 0 Å². The van der Waals surface area contributed by atoms with Crippen LogP contribution in [0, 0.1) is 10.5 Å². The van der Waals surface area contributed by atoms with Crippen LogP contribution in [0.5, 0.6) is 0 Å². The highest BCUT2D eigenvalue weighted by Crippen LogP contribution is 2.30. The Morgan fingerprint density at radius 1 is 0.971 bits per heavy atom. The quantitative estimate of drug-likeness (QED) is 0.281. The summed E-state index contributed by atoms with van der Waals surface area (Å²) in [6, 6.07) is 19.6. The first-order valence-electron chi connectivity index (χ1n) is 10.6. The molecule has 0 aromatic heterocycles. The first kappa shape index (κ1) is 24.0. The van der Waals surface area contributed by atoms with Crippen LogP contribution in [0.4, 0.5) is 17.1 Å². The molecule has 0 bridgehead atoms. The van der Waals surface area contributed by atoms with Crippen molar-refractivity contribution in [2.24, 2.45) is 0 Å². The molecule has 0 saturated heterocycles. The normalized spacial score (nSPS) is 13.5. The second kappa shape index (κ2) is 9.99. The van der Waals surface area contributed by atoms with E-state index in [1.165, 1.54) is 0 Å². The lowest BCUT2D eigenvalue weighted by molar-refractivity contribution is -0.120. The number of rotatable bonds is 6. The average molecular weight is 586 g/mol. The molecule has 0 aliphatic carbocycles. The van der Waals surface area contributed by atoms with Gasteiger partial charge >= 0.3 is 0 Å². The maximum atomic E-state index is 13.0. The predicted octanol–water partition coefficient (Wildman–Crippen LogP) is 5.85. The molecule has 3 aromatic rings. The molecular weight excluding hydrogens is 565 g/mol. The summed E-state index contributed by atoms with van der Waals surface area (Å²) in [5, 5.41) is 5.65. The first-order valence-corrected chi connectivity index (χ1v) is 12.1. The summed E-state index contributed by atoms with van der Waals surface area (Å²) in [4.78, 5) is 39.3. The summed E-state index contributed by atoms with van der Waals surface area (Å²) in [5.41, 5.74) is 4.25. The Labute approximate surface area is 216 Å². The van der Waals surface area contributed by atoms with Crippen LogP contribution in [-0.2, 0) is 16.0 Å². The molecule has 1 aliphatic rings. The molecule has 3 amide bonds.